The maximum Gasteiger partial charge on any atom is 0.260 e. The minimum absolute atomic E-state index is 0.0197. The molecule has 0 unspecified atom stereocenters. The van der Waals surface area contributed by atoms with E-state index in [0.717, 1.165) is 35.0 Å². The van der Waals surface area contributed by atoms with Crippen LogP contribution in [0.1, 0.15) is 63.3 Å². The van der Waals surface area contributed by atoms with Crippen molar-refractivity contribution in [3.8, 4) is 0 Å². The van der Waals surface area contributed by atoms with E-state index in [2.05, 4.69) is 43.0 Å². The SMILES string of the molecule is CC[C@@H](C)Cc1c(C)sc2nc(SCC(=O)N[C@@H]3CCCC[C@@H]3C)[nH]c(=O)c12. The van der Waals surface area contributed by atoms with E-state index in [9.17, 15) is 9.59 Å². The highest BCUT2D eigenvalue weighted by atomic mass is 32.2. The molecule has 0 bridgehead atoms. The fourth-order valence-corrected chi connectivity index (χ4v) is 5.66. The third-order valence-corrected chi connectivity index (χ3v) is 7.80. The average molecular weight is 422 g/mol. The van der Waals surface area contributed by atoms with Crippen molar-refractivity contribution < 1.29 is 4.79 Å². The lowest BCUT2D eigenvalue weighted by Gasteiger charge is -2.29. The molecule has 1 amide bonds. The summed E-state index contributed by atoms with van der Waals surface area (Å²) in [5.41, 5.74) is 1.04. The number of hydrogen-bond donors (Lipinski definition) is 2. The average Bonchev–Trinajstić information content (AvgIpc) is 2.97. The van der Waals surface area contributed by atoms with Crippen molar-refractivity contribution >= 4 is 39.2 Å². The molecule has 5 nitrogen and oxygen atoms in total. The van der Waals surface area contributed by atoms with Crippen LogP contribution in [-0.4, -0.2) is 27.7 Å². The number of thioether (sulfide) groups is 1. The van der Waals surface area contributed by atoms with Gasteiger partial charge in [0.15, 0.2) is 5.16 Å². The Morgan fingerprint density at radius 1 is 1.39 bits per heavy atom. The third-order valence-electron chi connectivity index (χ3n) is 5.89. The molecule has 1 fully saturated rings. The molecule has 0 saturated heterocycles. The number of amides is 1. The largest absolute Gasteiger partial charge is 0.352 e. The number of aryl methyl sites for hydroxylation is 1. The summed E-state index contributed by atoms with van der Waals surface area (Å²) >= 11 is 2.89. The van der Waals surface area contributed by atoms with Crippen LogP contribution in [0.4, 0.5) is 0 Å². The summed E-state index contributed by atoms with van der Waals surface area (Å²) in [4.78, 5) is 34.5. The van der Waals surface area contributed by atoms with Gasteiger partial charge in [0, 0.05) is 10.9 Å². The van der Waals surface area contributed by atoms with Crippen LogP contribution in [0.3, 0.4) is 0 Å². The molecule has 0 radical (unpaired) electrons. The molecule has 0 aromatic carbocycles. The minimum atomic E-state index is -0.0866. The van der Waals surface area contributed by atoms with Crippen molar-refractivity contribution in [2.45, 2.75) is 77.4 Å². The summed E-state index contributed by atoms with van der Waals surface area (Å²) in [5, 5.41) is 4.41. The molecule has 2 N–H and O–H groups in total. The van der Waals surface area contributed by atoms with E-state index in [1.54, 1.807) is 11.3 Å². The number of carbonyl (C=O) groups excluding carboxylic acids is 1. The van der Waals surface area contributed by atoms with E-state index >= 15 is 0 Å². The Kier molecular flexibility index (Phi) is 7.20. The summed E-state index contributed by atoms with van der Waals surface area (Å²) in [7, 11) is 0. The van der Waals surface area contributed by atoms with Crippen LogP contribution >= 0.6 is 23.1 Å². The Morgan fingerprint density at radius 3 is 2.86 bits per heavy atom. The van der Waals surface area contributed by atoms with E-state index in [1.807, 2.05) is 0 Å². The van der Waals surface area contributed by atoms with Gasteiger partial charge in [-0.2, -0.15) is 0 Å². The van der Waals surface area contributed by atoms with Gasteiger partial charge in [-0.3, -0.25) is 9.59 Å². The first-order chi connectivity index (χ1) is 13.4. The van der Waals surface area contributed by atoms with Crippen molar-refractivity contribution in [1.29, 1.82) is 0 Å². The fraction of sp³-hybridized carbons (Fsp3) is 0.667. The number of aromatic nitrogens is 2. The van der Waals surface area contributed by atoms with Crippen LogP contribution < -0.4 is 10.9 Å². The lowest BCUT2D eigenvalue weighted by molar-refractivity contribution is -0.119. The number of nitrogens with one attached hydrogen (secondary N) is 2. The third kappa shape index (κ3) is 4.98. The molecular weight excluding hydrogens is 390 g/mol. The van der Waals surface area contributed by atoms with E-state index < -0.39 is 0 Å². The number of H-pyrrole nitrogens is 1. The molecule has 1 aliphatic carbocycles. The summed E-state index contributed by atoms with van der Waals surface area (Å²) in [6, 6.07) is 0.277. The second-order valence-electron chi connectivity index (χ2n) is 8.13. The van der Waals surface area contributed by atoms with Gasteiger partial charge < -0.3 is 10.3 Å². The summed E-state index contributed by atoms with van der Waals surface area (Å²) < 4.78 is 0. The highest BCUT2D eigenvalue weighted by molar-refractivity contribution is 7.99. The fourth-order valence-electron chi connectivity index (χ4n) is 3.88. The highest BCUT2D eigenvalue weighted by Crippen LogP contribution is 2.30. The zero-order valence-electron chi connectivity index (χ0n) is 17.3. The van der Waals surface area contributed by atoms with Gasteiger partial charge in [-0.15, -0.1) is 11.3 Å². The quantitative estimate of drug-likeness (QED) is 0.503. The molecule has 28 heavy (non-hydrogen) atoms. The standard InChI is InChI=1S/C21H31N3O2S2/c1-5-12(2)10-15-14(4)28-20-18(15)19(26)23-21(24-20)27-11-17(25)22-16-9-7-6-8-13(16)3/h12-13,16H,5-11H2,1-4H3,(H,22,25)(H,23,24,26)/t12-,13+,16-/m1/s1. The Bertz CT molecular complexity index is 890. The molecule has 0 aliphatic heterocycles. The van der Waals surface area contributed by atoms with Gasteiger partial charge in [0.2, 0.25) is 5.91 Å². The first-order valence-electron chi connectivity index (χ1n) is 10.3. The van der Waals surface area contributed by atoms with Crippen molar-refractivity contribution in [2.24, 2.45) is 11.8 Å². The number of carbonyl (C=O) groups is 1. The smallest absolute Gasteiger partial charge is 0.260 e. The van der Waals surface area contributed by atoms with Crippen LogP contribution in [0.25, 0.3) is 10.2 Å². The van der Waals surface area contributed by atoms with Gasteiger partial charge in [-0.1, -0.05) is 51.8 Å². The predicted molar refractivity (Wildman–Crippen MR) is 118 cm³/mol. The lowest BCUT2D eigenvalue weighted by atomic mass is 9.86. The maximum atomic E-state index is 12.7. The van der Waals surface area contributed by atoms with Crippen LogP contribution in [0.5, 0.6) is 0 Å². The highest BCUT2D eigenvalue weighted by Gasteiger charge is 2.23. The molecule has 2 aromatic rings. The van der Waals surface area contributed by atoms with Crippen molar-refractivity contribution in [3.05, 3.63) is 20.8 Å². The van der Waals surface area contributed by atoms with Crippen LogP contribution in [0.2, 0.25) is 0 Å². The normalized spacial score (nSPS) is 21.0. The molecule has 3 rings (SSSR count). The predicted octanol–water partition coefficient (Wildman–Crippen LogP) is 4.67. The zero-order valence-corrected chi connectivity index (χ0v) is 18.9. The summed E-state index contributed by atoms with van der Waals surface area (Å²) in [5.74, 6) is 1.37. The number of hydrogen-bond acceptors (Lipinski definition) is 5. The maximum absolute atomic E-state index is 12.7. The van der Waals surface area contributed by atoms with E-state index in [4.69, 9.17) is 0 Å². The second-order valence-corrected chi connectivity index (χ2v) is 10.3. The number of fused-ring (bicyclic) bond motifs is 1. The summed E-state index contributed by atoms with van der Waals surface area (Å²) in [6.45, 7) is 8.65. The molecule has 2 heterocycles. The van der Waals surface area contributed by atoms with Gasteiger partial charge in [0.1, 0.15) is 4.83 Å². The molecule has 7 heteroatoms. The van der Waals surface area contributed by atoms with E-state index in [0.29, 0.717) is 17.0 Å². The minimum Gasteiger partial charge on any atom is -0.352 e. The summed E-state index contributed by atoms with van der Waals surface area (Å²) in [6.07, 6.45) is 6.68. The number of aromatic amines is 1. The molecule has 154 valence electrons. The Morgan fingerprint density at radius 2 is 2.14 bits per heavy atom. The number of nitrogens with zero attached hydrogens (tertiary/aromatic N) is 1. The Balaban J connectivity index is 1.69. The first-order valence-corrected chi connectivity index (χ1v) is 12.1. The molecule has 1 aliphatic rings. The van der Waals surface area contributed by atoms with Crippen LogP contribution in [0, 0.1) is 18.8 Å². The van der Waals surface area contributed by atoms with Gasteiger partial charge >= 0.3 is 0 Å². The lowest BCUT2D eigenvalue weighted by Crippen LogP contribution is -2.41. The van der Waals surface area contributed by atoms with Gasteiger partial charge in [-0.05, 0) is 43.6 Å². The number of rotatable bonds is 7. The topological polar surface area (TPSA) is 74.8 Å². The van der Waals surface area contributed by atoms with E-state index in [1.165, 1.54) is 35.9 Å². The van der Waals surface area contributed by atoms with Crippen molar-refractivity contribution in [3.63, 3.8) is 0 Å². The Hall–Kier alpha value is -1.34. The van der Waals surface area contributed by atoms with Gasteiger partial charge in [0.05, 0.1) is 11.1 Å². The molecule has 3 atom stereocenters. The molecule has 0 spiro atoms. The van der Waals surface area contributed by atoms with Crippen LogP contribution in [-0.2, 0) is 11.2 Å². The van der Waals surface area contributed by atoms with Gasteiger partial charge in [0.25, 0.3) is 5.56 Å². The van der Waals surface area contributed by atoms with Crippen LogP contribution in [0.15, 0.2) is 9.95 Å². The van der Waals surface area contributed by atoms with E-state index in [-0.39, 0.29) is 23.3 Å². The Labute approximate surface area is 175 Å². The van der Waals surface area contributed by atoms with Gasteiger partial charge in [-0.25, -0.2) is 4.98 Å². The molecule has 2 aromatic heterocycles. The first kappa shape index (κ1) is 21.4. The van der Waals surface area contributed by atoms with Crippen molar-refractivity contribution in [2.75, 3.05) is 5.75 Å². The van der Waals surface area contributed by atoms with Crippen molar-refractivity contribution in [1.82, 2.24) is 15.3 Å². The molecule has 1 saturated carbocycles. The molecular formula is C21H31N3O2S2. The monoisotopic (exact) mass is 421 g/mol. The number of thiophene rings is 1. The zero-order chi connectivity index (χ0) is 20.3. The second kappa shape index (κ2) is 9.44.